The molecule has 0 fully saturated rings. The molecule has 0 saturated carbocycles. The Kier molecular flexibility index (Phi) is 5.66. The maximum absolute atomic E-state index is 6.34. The molecule has 0 amide bonds. The summed E-state index contributed by atoms with van der Waals surface area (Å²) in [5.74, 6) is 0.858. The SMILES string of the molecule is COc1ccc(Br)cc1CC(N)c1ccc(Br)cc1Br. The molecule has 106 valence electrons. The highest BCUT2D eigenvalue weighted by atomic mass is 79.9. The van der Waals surface area contributed by atoms with Gasteiger partial charge in [0.05, 0.1) is 7.11 Å². The van der Waals surface area contributed by atoms with Crippen molar-refractivity contribution in [2.24, 2.45) is 5.73 Å². The van der Waals surface area contributed by atoms with E-state index >= 15 is 0 Å². The average Bonchev–Trinajstić information content (AvgIpc) is 2.38. The first-order valence-electron chi connectivity index (χ1n) is 6.04. The highest BCUT2D eigenvalue weighted by Gasteiger charge is 2.14. The van der Waals surface area contributed by atoms with Gasteiger partial charge in [-0.05, 0) is 47.9 Å². The number of benzene rings is 2. The van der Waals surface area contributed by atoms with E-state index in [2.05, 4.69) is 47.8 Å². The number of halogens is 3. The van der Waals surface area contributed by atoms with Crippen molar-refractivity contribution in [1.82, 2.24) is 0 Å². The average molecular weight is 464 g/mol. The van der Waals surface area contributed by atoms with Crippen molar-refractivity contribution in [1.29, 1.82) is 0 Å². The van der Waals surface area contributed by atoms with E-state index in [0.29, 0.717) is 6.42 Å². The zero-order chi connectivity index (χ0) is 14.7. The summed E-state index contributed by atoms with van der Waals surface area (Å²) in [5, 5.41) is 0. The van der Waals surface area contributed by atoms with Gasteiger partial charge in [-0.25, -0.2) is 0 Å². The number of nitrogens with two attached hydrogens (primary N) is 1. The molecular formula is C15H14Br3NO. The number of ether oxygens (including phenoxy) is 1. The fraction of sp³-hybridized carbons (Fsp3) is 0.200. The van der Waals surface area contributed by atoms with E-state index in [1.54, 1.807) is 7.11 Å². The molecule has 1 atom stereocenters. The van der Waals surface area contributed by atoms with Crippen LogP contribution in [0.2, 0.25) is 0 Å². The smallest absolute Gasteiger partial charge is 0.122 e. The predicted molar refractivity (Wildman–Crippen MR) is 93.2 cm³/mol. The molecule has 1 unspecified atom stereocenters. The molecule has 0 bridgehead atoms. The summed E-state index contributed by atoms with van der Waals surface area (Å²) >= 11 is 10.5. The zero-order valence-electron chi connectivity index (χ0n) is 10.9. The van der Waals surface area contributed by atoms with Gasteiger partial charge in [-0.3, -0.25) is 0 Å². The molecule has 2 aromatic rings. The van der Waals surface area contributed by atoms with Crippen LogP contribution in [0.25, 0.3) is 0 Å². The van der Waals surface area contributed by atoms with Crippen LogP contribution in [0.5, 0.6) is 5.75 Å². The van der Waals surface area contributed by atoms with Crippen molar-refractivity contribution in [2.75, 3.05) is 7.11 Å². The minimum Gasteiger partial charge on any atom is -0.496 e. The van der Waals surface area contributed by atoms with Crippen molar-refractivity contribution in [3.05, 3.63) is 60.9 Å². The van der Waals surface area contributed by atoms with Crippen LogP contribution in [-0.2, 0) is 6.42 Å². The molecule has 0 heterocycles. The van der Waals surface area contributed by atoms with Crippen molar-refractivity contribution in [2.45, 2.75) is 12.5 Å². The quantitative estimate of drug-likeness (QED) is 0.674. The largest absolute Gasteiger partial charge is 0.496 e. The molecule has 0 aromatic heterocycles. The van der Waals surface area contributed by atoms with Crippen LogP contribution in [-0.4, -0.2) is 7.11 Å². The molecule has 0 saturated heterocycles. The van der Waals surface area contributed by atoms with Gasteiger partial charge < -0.3 is 10.5 Å². The Balaban J connectivity index is 2.27. The highest BCUT2D eigenvalue weighted by molar-refractivity contribution is 9.11. The highest BCUT2D eigenvalue weighted by Crippen LogP contribution is 2.31. The number of hydrogen-bond acceptors (Lipinski definition) is 2. The minimum absolute atomic E-state index is 0.0966. The molecule has 0 radical (unpaired) electrons. The summed E-state index contributed by atoms with van der Waals surface area (Å²) in [6.45, 7) is 0. The third-order valence-corrected chi connectivity index (χ3v) is 4.72. The second-order valence-corrected chi connectivity index (χ2v) is 7.12. The fourth-order valence-electron chi connectivity index (χ4n) is 2.06. The summed E-state index contributed by atoms with van der Waals surface area (Å²) in [6, 6.07) is 11.9. The topological polar surface area (TPSA) is 35.2 Å². The van der Waals surface area contributed by atoms with E-state index in [9.17, 15) is 0 Å². The molecule has 2 aromatic carbocycles. The number of methoxy groups -OCH3 is 1. The van der Waals surface area contributed by atoms with Gasteiger partial charge in [-0.2, -0.15) is 0 Å². The fourth-order valence-corrected chi connectivity index (χ4v) is 3.81. The number of rotatable bonds is 4. The van der Waals surface area contributed by atoms with Crippen molar-refractivity contribution in [3.63, 3.8) is 0 Å². The predicted octanol–water partition coefficient (Wildman–Crippen LogP) is 5.23. The summed E-state index contributed by atoms with van der Waals surface area (Å²) in [7, 11) is 1.67. The summed E-state index contributed by atoms with van der Waals surface area (Å²) in [4.78, 5) is 0. The van der Waals surface area contributed by atoms with Gasteiger partial charge in [0, 0.05) is 19.5 Å². The van der Waals surface area contributed by atoms with E-state index in [0.717, 1.165) is 30.3 Å². The summed E-state index contributed by atoms with van der Waals surface area (Å²) in [6.07, 6.45) is 0.711. The lowest BCUT2D eigenvalue weighted by atomic mass is 9.99. The molecule has 2 N–H and O–H groups in total. The molecule has 0 aliphatic carbocycles. The molecule has 0 spiro atoms. The Bertz CT molecular complexity index is 616. The van der Waals surface area contributed by atoms with E-state index in [-0.39, 0.29) is 6.04 Å². The molecular weight excluding hydrogens is 450 g/mol. The van der Waals surface area contributed by atoms with Gasteiger partial charge in [0.2, 0.25) is 0 Å². The monoisotopic (exact) mass is 461 g/mol. The van der Waals surface area contributed by atoms with Crippen LogP contribution in [0, 0.1) is 0 Å². The van der Waals surface area contributed by atoms with Crippen molar-refractivity contribution < 1.29 is 4.74 Å². The standard InChI is InChI=1S/C15H14Br3NO/c1-20-15-5-3-10(16)6-9(15)7-14(19)12-4-2-11(17)8-13(12)18/h2-6,8,14H,7,19H2,1H3. The lowest BCUT2D eigenvalue weighted by Gasteiger charge is -2.16. The van der Waals surface area contributed by atoms with Gasteiger partial charge in [-0.1, -0.05) is 53.9 Å². The van der Waals surface area contributed by atoms with E-state index in [1.165, 1.54) is 0 Å². The first-order valence-corrected chi connectivity index (χ1v) is 8.42. The first kappa shape index (κ1) is 16.0. The summed E-state index contributed by atoms with van der Waals surface area (Å²) in [5.41, 5.74) is 8.50. The van der Waals surface area contributed by atoms with Crippen LogP contribution in [0.4, 0.5) is 0 Å². The molecule has 20 heavy (non-hydrogen) atoms. The van der Waals surface area contributed by atoms with Crippen LogP contribution >= 0.6 is 47.8 Å². The summed E-state index contributed by atoms with van der Waals surface area (Å²) < 4.78 is 8.45. The third kappa shape index (κ3) is 3.85. The Morgan fingerprint density at radius 3 is 2.35 bits per heavy atom. The molecule has 2 rings (SSSR count). The lowest BCUT2D eigenvalue weighted by molar-refractivity contribution is 0.408. The lowest BCUT2D eigenvalue weighted by Crippen LogP contribution is -2.14. The first-order chi connectivity index (χ1) is 9.51. The van der Waals surface area contributed by atoms with Crippen molar-refractivity contribution in [3.8, 4) is 5.75 Å². The molecule has 0 aliphatic rings. The van der Waals surface area contributed by atoms with Gasteiger partial charge in [0.25, 0.3) is 0 Å². The second kappa shape index (κ2) is 7.07. The van der Waals surface area contributed by atoms with E-state index in [1.807, 2.05) is 36.4 Å². The van der Waals surface area contributed by atoms with Gasteiger partial charge in [0.15, 0.2) is 0 Å². The van der Waals surface area contributed by atoms with Gasteiger partial charge in [-0.15, -0.1) is 0 Å². The molecule has 5 heteroatoms. The van der Waals surface area contributed by atoms with Crippen LogP contribution in [0.3, 0.4) is 0 Å². The third-order valence-electron chi connectivity index (χ3n) is 3.04. The number of hydrogen-bond donors (Lipinski definition) is 1. The normalized spacial score (nSPS) is 12.2. The van der Waals surface area contributed by atoms with Crippen molar-refractivity contribution >= 4 is 47.8 Å². The van der Waals surface area contributed by atoms with Crippen LogP contribution < -0.4 is 10.5 Å². The Labute approximate surface area is 144 Å². The van der Waals surface area contributed by atoms with E-state index < -0.39 is 0 Å². The zero-order valence-corrected chi connectivity index (χ0v) is 15.6. The Morgan fingerprint density at radius 2 is 1.70 bits per heavy atom. The van der Waals surface area contributed by atoms with Crippen LogP contribution in [0.1, 0.15) is 17.2 Å². The Hall–Kier alpha value is -0.360. The van der Waals surface area contributed by atoms with Gasteiger partial charge >= 0.3 is 0 Å². The maximum atomic E-state index is 6.34. The van der Waals surface area contributed by atoms with E-state index in [4.69, 9.17) is 10.5 Å². The Morgan fingerprint density at radius 1 is 1.05 bits per heavy atom. The van der Waals surface area contributed by atoms with Crippen LogP contribution in [0.15, 0.2) is 49.8 Å². The molecule has 2 nitrogen and oxygen atoms in total. The minimum atomic E-state index is -0.0966. The molecule has 0 aliphatic heterocycles. The second-order valence-electron chi connectivity index (χ2n) is 4.43. The maximum Gasteiger partial charge on any atom is 0.122 e. The van der Waals surface area contributed by atoms with Gasteiger partial charge in [0.1, 0.15) is 5.75 Å².